The van der Waals surface area contributed by atoms with Crippen LogP contribution in [-0.2, 0) is 4.79 Å². The van der Waals surface area contributed by atoms with Gasteiger partial charge in [-0.1, -0.05) is 26.7 Å². The zero-order chi connectivity index (χ0) is 13.9. The van der Waals surface area contributed by atoms with Crippen LogP contribution < -0.4 is 0 Å². The van der Waals surface area contributed by atoms with E-state index in [1.54, 1.807) is 0 Å². The molecule has 1 atom stereocenters. The summed E-state index contributed by atoms with van der Waals surface area (Å²) in [4.78, 5) is 17.0. The van der Waals surface area contributed by atoms with E-state index >= 15 is 0 Å². The highest BCUT2D eigenvalue weighted by Gasteiger charge is 2.39. The van der Waals surface area contributed by atoms with Crippen molar-refractivity contribution in [2.24, 2.45) is 11.3 Å². The van der Waals surface area contributed by atoms with E-state index in [9.17, 15) is 4.79 Å². The van der Waals surface area contributed by atoms with Crippen LogP contribution in [0, 0.1) is 11.3 Å². The smallest absolute Gasteiger partial charge is 0.226 e. The van der Waals surface area contributed by atoms with Crippen molar-refractivity contribution >= 4 is 5.91 Å². The minimum Gasteiger partial charge on any atom is -0.395 e. The molecule has 1 unspecified atom stereocenters. The van der Waals surface area contributed by atoms with Crippen LogP contribution in [0.15, 0.2) is 0 Å². The average Bonchev–Trinajstić information content (AvgIpc) is 2.39. The molecule has 2 aliphatic rings. The molecule has 0 aromatic rings. The number of hydrogen-bond acceptors (Lipinski definition) is 3. The number of β-amino-alcohol motifs (C(OH)–C–C–N with tert-alkyl or cyclic N) is 1. The maximum atomic E-state index is 12.7. The van der Waals surface area contributed by atoms with Gasteiger partial charge >= 0.3 is 0 Å². The van der Waals surface area contributed by atoms with Crippen LogP contribution in [0.4, 0.5) is 0 Å². The van der Waals surface area contributed by atoms with Gasteiger partial charge in [-0.05, 0) is 18.3 Å². The Bertz CT molecular complexity index is 309. The summed E-state index contributed by atoms with van der Waals surface area (Å²) in [5.74, 6) is 0.582. The number of rotatable bonds is 3. The van der Waals surface area contributed by atoms with Crippen molar-refractivity contribution in [3.63, 3.8) is 0 Å². The summed E-state index contributed by atoms with van der Waals surface area (Å²) in [6.07, 6.45) is 4.70. The van der Waals surface area contributed by atoms with E-state index in [1.807, 2.05) is 4.90 Å². The van der Waals surface area contributed by atoms with E-state index < -0.39 is 0 Å². The third-order valence-electron chi connectivity index (χ3n) is 4.91. The highest BCUT2D eigenvalue weighted by molar-refractivity contribution is 5.79. The summed E-state index contributed by atoms with van der Waals surface area (Å²) in [6, 6.07) is 0. The maximum absolute atomic E-state index is 12.7. The van der Waals surface area contributed by atoms with Gasteiger partial charge < -0.3 is 10.0 Å². The molecule has 1 heterocycles. The molecule has 0 radical (unpaired) electrons. The molecule has 1 saturated carbocycles. The fourth-order valence-electron chi connectivity index (χ4n) is 3.51. The van der Waals surface area contributed by atoms with Crippen LogP contribution in [0.2, 0.25) is 0 Å². The molecular weight excluding hydrogens is 240 g/mol. The van der Waals surface area contributed by atoms with Gasteiger partial charge in [0.2, 0.25) is 5.91 Å². The molecule has 110 valence electrons. The third-order valence-corrected chi connectivity index (χ3v) is 4.91. The molecule has 1 aliphatic heterocycles. The zero-order valence-electron chi connectivity index (χ0n) is 12.4. The first-order valence-corrected chi connectivity index (χ1v) is 7.66. The fraction of sp³-hybridized carbons (Fsp3) is 0.933. The third kappa shape index (κ3) is 3.48. The molecule has 1 saturated heterocycles. The summed E-state index contributed by atoms with van der Waals surface area (Å²) in [6.45, 7) is 8.89. The molecule has 4 nitrogen and oxygen atoms in total. The highest BCUT2D eigenvalue weighted by atomic mass is 16.3. The van der Waals surface area contributed by atoms with Crippen molar-refractivity contribution in [1.82, 2.24) is 9.80 Å². The monoisotopic (exact) mass is 268 g/mol. The van der Waals surface area contributed by atoms with Gasteiger partial charge in [-0.3, -0.25) is 9.69 Å². The first-order valence-electron chi connectivity index (χ1n) is 7.66. The van der Waals surface area contributed by atoms with E-state index in [2.05, 4.69) is 18.7 Å². The highest BCUT2D eigenvalue weighted by Crippen LogP contribution is 2.41. The number of amides is 1. The lowest BCUT2D eigenvalue weighted by Gasteiger charge is -2.42. The van der Waals surface area contributed by atoms with Crippen molar-refractivity contribution in [3.05, 3.63) is 0 Å². The lowest BCUT2D eigenvalue weighted by Crippen LogP contribution is -2.52. The molecule has 4 heteroatoms. The van der Waals surface area contributed by atoms with E-state index in [-0.39, 0.29) is 17.9 Å². The first kappa shape index (κ1) is 14.8. The second kappa shape index (κ2) is 6.23. The number of piperazine rings is 1. The largest absolute Gasteiger partial charge is 0.395 e. The summed E-state index contributed by atoms with van der Waals surface area (Å²) in [5, 5.41) is 8.94. The van der Waals surface area contributed by atoms with Gasteiger partial charge in [0.1, 0.15) is 0 Å². The van der Waals surface area contributed by atoms with Gasteiger partial charge in [-0.25, -0.2) is 0 Å². The van der Waals surface area contributed by atoms with Crippen LogP contribution in [0.25, 0.3) is 0 Å². The second-order valence-electron chi connectivity index (χ2n) is 6.68. The Kier molecular flexibility index (Phi) is 4.85. The number of nitrogens with zero attached hydrogens (tertiary/aromatic N) is 2. The minimum atomic E-state index is 0.164. The van der Waals surface area contributed by atoms with Gasteiger partial charge in [0.25, 0.3) is 0 Å². The lowest BCUT2D eigenvalue weighted by molar-refractivity contribution is -0.143. The maximum Gasteiger partial charge on any atom is 0.226 e. The summed E-state index contributed by atoms with van der Waals surface area (Å²) < 4.78 is 0. The Hall–Kier alpha value is -0.610. The molecule has 1 N–H and O–H groups in total. The van der Waals surface area contributed by atoms with E-state index in [1.165, 1.54) is 19.3 Å². The van der Waals surface area contributed by atoms with Gasteiger partial charge in [-0.2, -0.15) is 0 Å². The molecule has 1 aliphatic carbocycles. The summed E-state index contributed by atoms with van der Waals surface area (Å²) in [7, 11) is 0. The van der Waals surface area contributed by atoms with Crippen molar-refractivity contribution in [1.29, 1.82) is 0 Å². The molecular formula is C15H28N2O2. The van der Waals surface area contributed by atoms with Gasteiger partial charge in [0, 0.05) is 38.6 Å². The normalized spacial score (nSPS) is 28.4. The Morgan fingerprint density at radius 1 is 1.21 bits per heavy atom. The quantitative estimate of drug-likeness (QED) is 0.840. The zero-order valence-corrected chi connectivity index (χ0v) is 12.4. The number of aliphatic hydroxyl groups excluding tert-OH is 1. The molecule has 2 rings (SSSR count). The minimum absolute atomic E-state index is 0.164. The predicted molar refractivity (Wildman–Crippen MR) is 75.8 cm³/mol. The van der Waals surface area contributed by atoms with Crippen LogP contribution in [0.5, 0.6) is 0 Å². The van der Waals surface area contributed by atoms with Gasteiger partial charge in [-0.15, -0.1) is 0 Å². The Balaban J connectivity index is 1.90. The molecule has 0 aromatic heterocycles. The van der Waals surface area contributed by atoms with Gasteiger partial charge in [0.15, 0.2) is 0 Å². The molecule has 0 aromatic carbocycles. The van der Waals surface area contributed by atoms with E-state index in [4.69, 9.17) is 5.11 Å². The van der Waals surface area contributed by atoms with E-state index in [0.29, 0.717) is 5.91 Å². The second-order valence-corrected chi connectivity index (χ2v) is 6.68. The van der Waals surface area contributed by atoms with Crippen molar-refractivity contribution < 1.29 is 9.90 Å². The first-order chi connectivity index (χ1) is 9.04. The Labute approximate surface area is 116 Å². The lowest BCUT2D eigenvalue weighted by atomic mass is 9.68. The topological polar surface area (TPSA) is 43.8 Å². The van der Waals surface area contributed by atoms with Crippen LogP contribution in [-0.4, -0.2) is 60.1 Å². The van der Waals surface area contributed by atoms with Gasteiger partial charge in [0.05, 0.1) is 6.61 Å². The number of hydrogen-bond donors (Lipinski definition) is 1. The van der Waals surface area contributed by atoms with E-state index in [0.717, 1.165) is 39.1 Å². The summed E-state index contributed by atoms with van der Waals surface area (Å²) >= 11 is 0. The Morgan fingerprint density at radius 3 is 2.47 bits per heavy atom. The number of carbonyl (C=O) groups is 1. The molecule has 0 bridgehead atoms. The molecule has 1 amide bonds. The van der Waals surface area contributed by atoms with Crippen LogP contribution in [0.1, 0.15) is 39.5 Å². The van der Waals surface area contributed by atoms with Crippen LogP contribution in [0.3, 0.4) is 0 Å². The predicted octanol–water partition coefficient (Wildman–Crippen LogP) is 1.34. The van der Waals surface area contributed by atoms with Crippen molar-refractivity contribution in [2.45, 2.75) is 39.5 Å². The Morgan fingerprint density at radius 2 is 1.89 bits per heavy atom. The van der Waals surface area contributed by atoms with Crippen molar-refractivity contribution in [2.75, 3.05) is 39.3 Å². The standard InChI is InChI=1S/C15H28N2O2/c1-15(2)6-4-3-5-13(15)14(19)17-9-7-16(8-10-17)11-12-18/h13,18H,3-12H2,1-2H3. The average molecular weight is 268 g/mol. The fourth-order valence-corrected chi connectivity index (χ4v) is 3.51. The van der Waals surface area contributed by atoms with Crippen molar-refractivity contribution in [3.8, 4) is 0 Å². The summed E-state index contributed by atoms with van der Waals surface area (Å²) in [5.41, 5.74) is 0.164. The number of carbonyl (C=O) groups excluding carboxylic acids is 1. The molecule has 0 spiro atoms. The van der Waals surface area contributed by atoms with Crippen LogP contribution >= 0.6 is 0 Å². The number of aliphatic hydroxyl groups is 1. The SMILES string of the molecule is CC1(C)CCCCC1C(=O)N1CCN(CCO)CC1. The molecule has 19 heavy (non-hydrogen) atoms. The molecule has 2 fully saturated rings.